The lowest BCUT2D eigenvalue weighted by Gasteiger charge is -2.13. The Morgan fingerprint density at radius 1 is 1.07 bits per heavy atom. The van der Waals surface area contributed by atoms with E-state index in [2.05, 4.69) is 5.43 Å². The van der Waals surface area contributed by atoms with E-state index in [-0.39, 0.29) is 10.6 Å². The molecular formula is C17H19ClN2O6S. The molecule has 0 saturated carbocycles. The van der Waals surface area contributed by atoms with Gasteiger partial charge >= 0.3 is 0 Å². The molecule has 0 aromatic heterocycles. The first-order valence-corrected chi connectivity index (χ1v) is 9.54. The molecule has 0 fully saturated rings. The van der Waals surface area contributed by atoms with Gasteiger partial charge in [0.25, 0.3) is 15.9 Å². The van der Waals surface area contributed by atoms with E-state index in [1.54, 1.807) is 31.2 Å². The van der Waals surface area contributed by atoms with Crippen LogP contribution >= 0.6 is 11.6 Å². The lowest BCUT2D eigenvalue weighted by molar-refractivity contribution is -0.123. The molecule has 27 heavy (non-hydrogen) atoms. The van der Waals surface area contributed by atoms with Crippen molar-refractivity contribution < 1.29 is 27.4 Å². The Morgan fingerprint density at radius 3 is 2.41 bits per heavy atom. The Bertz CT molecular complexity index is 933. The van der Waals surface area contributed by atoms with Gasteiger partial charge in [0.05, 0.1) is 14.2 Å². The molecular weight excluding hydrogens is 396 g/mol. The van der Waals surface area contributed by atoms with E-state index in [0.29, 0.717) is 16.5 Å². The van der Waals surface area contributed by atoms with Crippen molar-refractivity contribution in [3.05, 3.63) is 47.0 Å². The highest BCUT2D eigenvalue weighted by Gasteiger charge is 2.21. The summed E-state index contributed by atoms with van der Waals surface area (Å²) in [6.45, 7) is 1.41. The van der Waals surface area contributed by atoms with Crippen LogP contribution in [0.3, 0.4) is 0 Å². The minimum atomic E-state index is -4.09. The summed E-state index contributed by atoms with van der Waals surface area (Å²) in [4.78, 5) is 13.7. The van der Waals surface area contributed by atoms with Crippen molar-refractivity contribution in [2.45, 2.75) is 11.8 Å². The average molecular weight is 415 g/mol. The molecule has 8 nitrogen and oxygen atoms in total. The average Bonchev–Trinajstić information content (AvgIpc) is 2.66. The first-order valence-electron chi connectivity index (χ1n) is 7.68. The second kappa shape index (κ2) is 8.94. The number of carbonyl (C=O) groups is 1. The van der Waals surface area contributed by atoms with E-state index >= 15 is 0 Å². The van der Waals surface area contributed by atoms with Crippen LogP contribution in [0.15, 0.2) is 41.3 Å². The highest BCUT2D eigenvalue weighted by atomic mass is 35.5. The van der Waals surface area contributed by atoms with Crippen molar-refractivity contribution in [2.75, 3.05) is 20.8 Å². The van der Waals surface area contributed by atoms with Crippen molar-refractivity contribution in [3.8, 4) is 17.2 Å². The van der Waals surface area contributed by atoms with E-state index in [4.69, 9.17) is 25.8 Å². The Balaban J connectivity index is 2.00. The van der Waals surface area contributed by atoms with Gasteiger partial charge in [0.15, 0.2) is 6.61 Å². The SMILES string of the molecule is COc1ccc(OC)c(S(=O)(=O)NNC(=O)COc2ccc(Cl)c(C)c2)c1. The number of methoxy groups -OCH3 is 2. The third-order valence-electron chi connectivity index (χ3n) is 3.48. The molecule has 0 atom stereocenters. The van der Waals surface area contributed by atoms with E-state index in [0.717, 1.165) is 5.56 Å². The van der Waals surface area contributed by atoms with Crippen LogP contribution in [-0.4, -0.2) is 35.2 Å². The van der Waals surface area contributed by atoms with Gasteiger partial charge in [-0.3, -0.25) is 10.2 Å². The van der Waals surface area contributed by atoms with Gasteiger partial charge in [0.1, 0.15) is 22.1 Å². The number of nitrogens with one attached hydrogen (secondary N) is 2. The zero-order valence-corrected chi connectivity index (χ0v) is 16.5. The highest BCUT2D eigenvalue weighted by Crippen LogP contribution is 2.27. The summed E-state index contributed by atoms with van der Waals surface area (Å²) in [5.41, 5.74) is 2.87. The fraction of sp³-hybridized carbons (Fsp3) is 0.235. The quantitative estimate of drug-likeness (QED) is 0.641. The van der Waals surface area contributed by atoms with Crippen molar-refractivity contribution in [3.63, 3.8) is 0 Å². The number of carbonyl (C=O) groups excluding carboxylic acids is 1. The van der Waals surface area contributed by atoms with Crippen LogP contribution in [0, 0.1) is 6.92 Å². The standard InChI is InChI=1S/C17H19ClN2O6S/c1-11-8-13(4-6-14(11)18)26-10-17(21)19-20-27(22,23)16-9-12(24-2)5-7-15(16)25-3/h4-9,20H,10H2,1-3H3,(H,19,21). The van der Waals surface area contributed by atoms with Crippen LogP contribution in [-0.2, 0) is 14.8 Å². The zero-order chi connectivity index (χ0) is 20.0. The van der Waals surface area contributed by atoms with E-state index in [1.807, 2.05) is 4.83 Å². The lowest BCUT2D eigenvalue weighted by atomic mass is 10.2. The Kier molecular flexibility index (Phi) is 6.89. The molecule has 0 saturated heterocycles. The number of hydrazine groups is 1. The molecule has 1 amide bonds. The predicted octanol–water partition coefficient (Wildman–Crippen LogP) is 2.05. The summed E-state index contributed by atoms with van der Waals surface area (Å²) >= 11 is 5.92. The third kappa shape index (κ3) is 5.49. The Labute approximate surface area is 162 Å². The number of ether oxygens (including phenoxy) is 3. The molecule has 0 radical (unpaired) electrons. The largest absolute Gasteiger partial charge is 0.497 e. The Morgan fingerprint density at radius 2 is 1.78 bits per heavy atom. The third-order valence-corrected chi connectivity index (χ3v) is 5.18. The van der Waals surface area contributed by atoms with E-state index < -0.39 is 22.5 Å². The monoisotopic (exact) mass is 414 g/mol. The molecule has 0 aliphatic carbocycles. The van der Waals surface area contributed by atoms with Crippen LogP contribution in [0.1, 0.15) is 5.56 Å². The molecule has 0 spiro atoms. The number of aryl methyl sites for hydroxylation is 1. The first kappa shape index (κ1) is 20.8. The van der Waals surface area contributed by atoms with Gasteiger partial charge in [-0.1, -0.05) is 11.6 Å². The number of halogens is 1. The number of amides is 1. The molecule has 0 heterocycles. The van der Waals surface area contributed by atoms with Gasteiger partial charge in [-0.15, -0.1) is 4.83 Å². The summed E-state index contributed by atoms with van der Waals surface area (Å²) in [7, 11) is -1.35. The summed E-state index contributed by atoms with van der Waals surface area (Å²) in [5, 5.41) is 0.576. The van der Waals surface area contributed by atoms with Gasteiger partial charge in [-0.05, 0) is 42.8 Å². The normalized spacial score (nSPS) is 11.0. The summed E-state index contributed by atoms with van der Waals surface area (Å²) in [6, 6.07) is 9.19. The van der Waals surface area contributed by atoms with Crippen LogP contribution < -0.4 is 24.5 Å². The van der Waals surface area contributed by atoms with Crippen LogP contribution in [0.25, 0.3) is 0 Å². The van der Waals surface area contributed by atoms with Gasteiger partial charge in [0.2, 0.25) is 0 Å². The number of hydrogen-bond acceptors (Lipinski definition) is 6. The fourth-order valence-electron chi connectivity index (χ4n) is 2.07. The maximum Gasteiger partial charge on any atom is 0.272 e. The fourth-order valence-corrected chi connectivity index (χ4v) is 3.23. The van der Waals surface area contributed by atoms with Gasteiger partial charge < -0.3 is 14.2 Å². The van der Waals surface area contributed by atoms with Crippen molar-refractivity contribution in [1.82, 2.24) is 10.3 Å². The maximum absolute atomic E-state index is 12.4. The van der Waals surface area contributed by atoms with E-state index in [9.17, 15) is 13.2 Å². The second-order valence-corrected chi connectivity index (χ2v) is 7.43. The number of hydrogen-bond donors (Lipinski definition) is 2. The van der Waals surface area contributed by atoms with Crippen LogP contribution in [0.4, 0.5) is 0 Å². The number of rotatable bonds is 8. The summed E-state index contributed by atoms with van der Waals surface area (Å²) in [5.74, 6) is 0.173. The maximum atomic E-state index is 12.4. The number of sulfonamides is 1. The van der Waals surface area contributed by atoms with Crippen molar-refractivity contribution >= 4 is 27.5 Å². The van der Waals surface area contributed by atoms with Gasteiger partial charge in [-0.2, -0.15) is 0 Å². The van der Waals surface area contributed by atoms with Crippen molar-refractivity contribution in [1.29, 1.82) is 0 Å². The minimum Gasteiger partial charge on any atom is -0.497 e. The molecule has 146 valence electrons. The number of benzene rings is 2. The molecule has 0 aliphatic rings. The molecule has 0 bridgehead atoms. The van der Waals surface area contributed by atoms with Crippen LogP contribution in [0.2, 0.25) is 5.02 Å². The summed E-state index contributed by atoms with van der Waals surface area (Å²) < 4.78 is 40.2. The van der Waals surface area contributed by atoms with Gasteiger partial charge in [-0.25, -0.2) is 8.42 Å². The smallest absolute Gasteiger partial charge is 0.272 e. The first-order chi connectivity index (χ1) is 12.8. The zero-order valence-electron chi connectivity index (χ0n) is 14.9. The van der Waals surface area contributed by atoms with E-state index in [1.165, 1.54) is 26.4 Å². The molecule has 0 unspecified atom stereocenters. The molecule has 2 aromatic rings. The molecule has 2 aromatic carbocycles. The molecule has 10 heteroatoms. The minimum absolute atomic E-state index is 0.102. The lowest BCUT2D eigenvalue weighted by Crippen LogP contribution is -2.43. The predicted molar refractivity (Wildman–Crippen MR) is 99.7 cm³/mol. The topological polar surface area (TPSA) is 103 Å². The molecule has 2 rings (SSSR count). The Hall–Kier alpha value is -2.49. The van der Waals surface area contributed by atoms with Gasteiger partial charge in [0, 0.05) is 11.1 Å². The highest BCUT2D eigenvalue weighted by molar-refractivity contribution is 7.89. The van der Waals surface area contributed by atoms with Crippen LogP contribution in [0.5, 0.6) is 17.2 Å². The molecule has 2 N–H and O–H groups in total. The summed E-state index contributed by atoms with van der Waals surface area (Å²) in [6.07, 6.45) is 0. The van der Waals surface area contributed by atoms with Crippen molar-refractivity contribution in [2.24, 2.45) is 0 Å². The second-order valence-electron chi connectivity index (χ2n) is 5.37. The molecule has 0 aliphatic heterocycles.